The van der Waals surface area contributed by atoms with Crippen LogP contribution in [0.5, 0.6) is 0 Å². The summed E-state index contributed by atoms with van der Waals surface area (Å²) in [6, 6.07) is -1.06. The van der Waals surface area contributed by atoms with Gasteiger partial charge in [-0.2, -0.15) is 5.10 Å². The molecule has 1 aromatic rings. The highest BCUT2D eigenvalue weighted by Crippen LogP contribution is 2.31. The average molecular weight is 280 g/mol. The van der Waals surface area contributed by atoms with Gasteiger partial charge >= 0.3 is 5.97 Å². The minimum atomic E-state index is -1.09. The molecular formula is C13H20N4O3. The third kappa shape index (κ3) is 2.98. The highest BCUT2D eigenvalue weighted by Gasteiger charge is 2.34. The van der Waals surface area contributed by atoms with Gasteiger partial charge in [0, 0.05) is 24.7 Å². The molecule has 1 aromatic heterocycles. The maximum Gasteiger partial charge on any atom is 0.331 e. The van der Waals surface area contributed by atoms with Crippen molar-refractivity contribution in [3.63, 3.8) is 0 Å². The van der Waals surface area contributed by atoms with Gasteiger partial charge in [-0.1, -0.05) is 6.42 Å². The molecule has 0 radical (unpaired) electrons. The van der Waals surface area contributed by atoms with E-state index >= 15 is 0 Å². The van der Waals surface area contributed by atoms with Crippen LogP contribution in [0.4, 0.5) is 0 Å². The minimum absolute atomic E-state index is 0.151. The summed E-state index contributed by atoms with van der Waals surface area (Å²) in [4.78, 5) is 23.6. The topological polar surface area (TPSA) is 110 Å². The number of carbonyl (C=O) groups is 2. The number of nitrogens with two attached hydrogens (primary N) is 1. The average Bonchev–Trinajstić information content (AvgIpc) is 3.03. The minimum Gasteiger partial charge on any atom is -0.479 e. The third-order valence-corrected chi connectivity index (χ3v) is 3.89. The number of carboxylic acids is 1. The highest BCUT2D eigenvalue weighted by molar-refractivity contribution is 5.86. The van der Waals surface area contributed by atoms with Crippen molar-refractivity contribution in [3.05, 3.63) is 18.0 Å². The van der Waals surface area contributed by atoms with Crippen molar-refractivity contribution < 1.29 is 14.7 Å². The summed E-state index contributed by atoms with van der Waals surface area (Å²) < 4.78 is 1.51. The molecule has 3 unspecified atom stereocenters. The number of aryl methyl sites for hydroxylation is 1. The van der Waals surface area contributed by atoms with Crippen molar-refractivity contribution in [1.29, 1.82) is 0 Å². The molecule has 0 saturated heterocycles. The van der Waals surface area contributed by atoms with E-state index < -0.39 is 12.0 Å². The van der Waals surface area contributed by atoms with E-state index in [1.165, 1.54) is 10.9 Å². The zero-order valence-electron chi connectivity index (χ0n) is 11.5. The molecule has 3 atom stereocenters. The molecule has 0 aromatic carbocycles. The third-order valence-electron chi connectivity index (χ3n) is 3.89. The Kier molecular flexibility index (Phi) is 4.39. The lowest BCUT2D eigenvalue weighted by molar-refractivity contribution is -0.142. The Morgan fingerprint density at radius 3 is 2.90 bits per heavy atom. The molecule has 0 spiro atoms. The van der Waals surface area contributed by atoms with Crippen molar-refractivity contribution >= 4 is 11.9 Å². The highest BCUT2D eigenvalue weighted by atomic mass is 16.4. The summed E-state index contributed by atoms with van der Waals surface area (Å²) in [5.41, 5.74) is 6.13. The monoisotopic (exact) mass is 280 g/mol. The van der Waals surface area contributed by atoms with Crippen LogP contribution in [0.2, 0.25) is 0 Å². The first-order valence-corrected chi connectivity index (χ1v) is 6.74. The SMILES string of the molecule is Cn1cc(C(NC(=O)C2CCCC2CN)C(=O)O)cn1. The second kappa shape index (κ2) is 6.04. The fraction of sp³-hybridized carbons (Fsp3) is 0.615. The first-order valence-electron chi connectivity index (χ1n) is 6.74. The normalized spacial score (nSPS) is 23.5. The summed E-state index contributed by atoms with van der Waals surface area (Å²) in [6.45, 7) is 0.461. The summed E-state index contributed by atoms with van der Waals surface area (Å²) >= 11 is 0. The van der Waals surface area contributed by atoms with Gasteiger partial charge in [-0.25, -0.2) is 4.79 Å². The number of amides is 1. The van der Waals surface area contributed by atoms with Crippen LogP contribution in [0.25, 0.3) is 0 Å². The second-order valence-corrected chi connectivity index (χ2v) is 5.26. The number of hydrogen-bond donors (Lipinski definition) is 3. The smallest absolute Gasteiger partial charge is 0.331 e. The number of nitrogens with zero attached hydrogens (tertiary/aromatic N) is 2. The van der Waals surface area contributed by atoms with E-state index in [9.17, 15) is 14.7 Å². The van der Waals surface area contributed by atoms with E-state index in [0.29, 0.717) is 12.1 Å². The Bertz CT molecular complexity index is 500. The van der Waals surface area contributed by atoms with Gasteiger partial charge in [0.25, 0.3) is 0 Å². The molecule has 4 N–H and O–H groups in total. The fourth-order valence-corrected chi connectivity index (χ4v) is 2.79. The molecule has 1 aliphatic carbocycles. The maximum atomic E-state index is 12.3. The lowest BCUT2D eigenvalue weighted by atomic mass is 9.95. The van der Waals surface area contributed by atoms with Crippen LogP contribution < -0.4 is 11.1 Å². The molecule has 7 nitrogen and oxygen atoms in total. The Balaban J connectivity index is 2.09. The van der Waals surface area contributed by atoms with Gasteiger partial charge in [-0.3, -0.25) is 9.48 Å². The van der Waals surface area contributed by atoms with Crippen LogP contribution in [0, 0.1) is 11.8 Å². The lowest BCUT2D eigenvalue weighted by Crippen LogP contribution is -2.40. The van der Waals surface area contributed by atoms with Gasteiger partial charge in [-0.05, 0) is 25.3 Å². The zero-order valence-corrected chi connectivity index (χ0v) is 11.5. The van der Waals surface area contributed by atoms with Gasteiger partial charge < -0.3 is 16.2 Å². The molecule has 110 valence electrons. The van der Waals surface area contributed by atoms with Crippen molar-refractivity contribution in [1.82, 2.24) is 15.1 Å². The van der Waals surface area contributed by atoms with Crippen LogP contribution in [0.15, 0.2) is 12.4 Å². The summed E-state index contributed by atoms with van der Waals surface area (Å²) in [7, 11) is 1.70. The van der Waals surface area contributed by atoms with Crippen molar-refractivity contribution in [2.24, 2.45) is 24.6 Å². The van der Waals surface area contributed by atoms with Gasteiger partial charge in [0.2, 0.25) is 5.91 Å². The van der Waals surface area contributed by atoms with E-state index in [-0.39, 0.29) is 17.7 Å². The standard InChI is InChI=1S/C13H20N4O3/c1-17-7-9(6-15-17)11(13(19)20)16-12(18)10-4-2-3-8(10)5-14/h6-8,10-11H,2-5,14H2,1H3,(H,16,18)(H,19,20). The Morgan fingerprint density at radius 1 is 1.60 bits per heavy atom. The predicted molar refractivity (Wildman–Crippen MR) is 71.6 cm³/mol. The number of aromatic nitrogens is 2. The summed E-state index contributed by atoms with van der Waals surface area (Å²) in [5, 5.41) is 15.8. The van der Waals surface area contributed by atoms with Crippen LogP contribution in [-0.2, 0) is 16.6 Å². The molecule has 20 heavy (non-hydrogen) atoms. The summed E-state index contributed by atoms with van der Waals surface area (Å²) in [6.07, 6.45) is 5.71. The van der Waals surface area contributed by atoms with Crippen molar-refractivity contribution in [2.75, 3.05) is 6.54 Å². The predicted octanol–water partition coefficient (Wildman–Crippen LogP) is 0.0370. The van der Waals surface area contributed by atoms with Crippen molar-refractivity contribution in [2.45, 2.75) is 25.3 Å². The van der Waals surface area contributed by atoms with Gasteiger partial charge in [0.05, 0.1) is 6.20 Å². The van der Waals surface area contributed by atoms with E-state index in [1.807, 2.05) is 0 Å². The number of nitrogens with one attached hydrogen (secondary N) is 1. The molecule has 7 heteroatoms. The molecular weight excluding hydrogens is 260 g/mol. The lowest BCUT2D eigenvalue weighted by Gasteiger charge is -2.20. The number of hydrogen-bond acceptors (Lipinski definition) is 4. The molecule has 1 aliphatic rings. The first-order chi connectivity index (χ1) is 9.52. The summed E-state index contributed by atoms with van der Waals surface area (Å²) in [5.74, 6) is -1.35. The molecule has 1 saturated carbocycles. The molecule has 1 fully saturated rings. The van der Waals surface area contributed by atoms with Crippen LogP contribution >= 0.6 is 0 Å². The molecule has 1 heterocycles. The van der Waals surface area contributed by atoms with E-state index in [2.05, 4.69) is 10.4 Å². The van der Waals surface area contributed by atoms with E-state index in [1.54, 1.807) is 13.2 Å². The van der Waals surface area contributed by atoms with E-state index in [4.69, 9.17) is 5.73 Å². The quantitative estimate of drug-likeness (QED) is 0.705. The Labute approximate surface area is 117 Å². The van der Waals surface area contributed by atoms with Crippen LogP contribution in [-0.4, -0.2) is 33.3 Å². The fourth-order valence-electron chi connectivity index (χ4n) is 2.79. The molecule has 1 amide bonds. The van der Waals surface area contributed by atoms with Crippen LogP contribution in [0.3, 0.4) is 0 Å². The number of rotatable bonds is 5. The van der Waals surface area contributed by atoms with E-state index in [0.717, 1.165) is 19.3 Å². The molecule has 2 rings (SSSR count). The van der Waals surface area contributed by atoms with Gasteiger partial charge in [0.1, 0.15) is 0 Å². The zero-order chi connectivity index (χ0) is 14.7. The molecule has 0 bridgehead atoms. The van der Waals surface area contributed by atoms with Crippen LogP contribution in [0.1, 0.15) is 30.9 Å². The largest absolute Gasteiger partial charge is 0.479 e. The second-order valence-electron chi connectivity index (χ2n) is 5.26. The van der Waals surface area contributed by atoms with Gasteiger partial charge in [-0.15, -0.1) is 0 Å². The first kappa shape index (κ1) is 14.5. The number of carboxylic acid groups (broad SMARTS) is 1. The van der Waals surface area contributed by atoms with Crippen molar-refractivity contribution in [3.8, 4) is 0 Å². The number of carbonyl (C=O) groups excluding carboxylic acids is 1. The number of aliphatic carboxylic acids is 1. The van der Waals surface area contributed by atoms with Gasteiger partial charge in [0.15, 0.2) is 6.04 Å². The maximum absolute atomic E-state index is 12.3. The Morgan fingerprint density at radius 2 is 2.35 bits per heavy atom. The molecule has 0 aliphatic heterocycles. The Hall–Kier alpha value is -1.89.